The summed E-state index contributed by atoms with van der Waals surface area (Å²) < 4.78 is 0. The average Bonchev–Trinajstić information content (AvgIpc) is 2.32. The maximum Gasteiger partial charge on any atom is 0.138 e. The van der Waals surface area contributed by atoms with Gasteiger partial charge in [0.05, 0.1) is 10.7 Å². The Bertz CT molecular complexity index is 253. The van der Waals surface area contributed by atoms with Gasteiger partial charge in [-0.3, -0.25) is 4.99 Å². The van der Waals surface area contributed by atoms with Crippen LogP contribution in [0.15, 0.2) is 4.99 Å². The largest absolute Gasteiger partial charge is 0.252 e. The van der Waals surface area contributed by atoms with Crippen LogP contribution >= 0.6 is 11.3 Å². The highest BCUT2D eigenvalue weighted by molar-refractivity contribution is 7.15. The van der Waals surface area contributed by atoms with E-state index in [1.807, 2.05) is 6.92 Å². The molecule has 0 fully saturated rings. The van der Waals surface area contributed by atoms with E-state index in [9.17, 15) is 0 Å². The molecule has 0 saturated carbocycles. The van der Waals surface area contributed by atoms with E-state index >= 15 is 0 Å². The molecule has 0 aliphatic rings. The van der Waals surface area contributed by atoms with E-state index < -0.39 is 0 Å². The summed E-state index contributed by atoms with van der Waals surface area (Å²) in [7, 11) is 0. The van der Waals surface area contributed by atoms with Gasteiger partial charge in [0, 0.05) is 0 Å². The van der Waals surface area contributed by atoms with Crippen LogP contribution in [-0.4, -0.2) is 11.7 Å². The third-order valence-corrected chi connectivity index (χ3v) is 2.36. The number of aryl methyl sites for hydroxylation is 2. The van der Waals surface area contributed by atoms with Gasteiger partial charge in [-0.2, -0.15) is 0 Å². The molecule has 0 amide bonds. The van der Waals surface area contributed by atoms with Crippen LogP contribution < -0.4 is 0 Å². The zero-order chi connectivity index (χ0) is 8.27. The summed E-state index contributed by atoms with van der Waals surface area (Å²) in [6.45, 7) is 7.65. The number of thiazole rings is 1. The molecule has 1 aromatic heterocycles. The molecule has 60 valence electrons. The Hall–Kier alpha value is -0.700. The molecule has 0 spiro atoms. The quantitative estimate of drug-likeness (QED) is 0.637. The van der Waals surface area contributed by atoms with Crippen LogP contribution in [0.4, 0.5) is 5.00 Å². The van der Waals surface area contributed by atoms with Gasteiger partial charge < -0.3 is 0 Å². The lowest BCUT2D eigenvalue weighted by Crippen LogP contribution is -1.82. The molecule has 11 heavy (non-hydrogen) atoms. The Kier molecular flexibility index (Phi) is 2.76. The predicted molar refractivity (Wildman–Crippen MR) is 50.1 cm³/mol. The maximum absolute atomic E-state index is 4.36. The topological polar surface area (TPSA) is 25.2 Å². The van der Waals surface area contributed by atoms with Gasteiger partial charge in [0.15, 0.2) is 0 Å². The minimum absolute atomic E-state index is 0.990. The van der Waals surface area contributed by atoms with Crippen LogP contribution in [0.25, 0.3) is 0 Å². The summed E-state index contributed by atoms with van der Waals surface area (Å²) in [5.41, 5.74) is 1.10. The summed E-state index contributed by atoms with van der Waals surface area (Å²) in [5, 5.41) is 2.07. The summed E-state index contributed by atoms with van der Waals surface area (Å²) >= 11 is 1.61. The van der Waals surface area contributed by atoms with Crippen molar-refractivity contribution in [3.8, 4) is 0 Å². The SMILES string of the molecule is C=Nc1sc(C)nc1CCC. The van der Waals surface area contributed by atoms with Crippen molar-refractivity contribution in [3.05, 3.63) is 10.7 Å². The number of nitrogens with zero attached hydrogens (tertiary/aromatic N) is 2. The van der Waals surface area contributed by atoms with Crippen molar-refractivity contribution in [2.24, 2.45) is 4.99 Å². The molecule has 0 saturated heterocycles. The van der Waals surface area contributed by atoms with Gasteiger partial charge >= 0.3 is 0 Å². The van der Waals surface area contributed by atoms with E-state index in [2.05, 4.69) is 23.6 Å². The number of hydrogen-bond acceptors (Lipinski definition) is 3. The second-order valence-corrected chi connectivity index (χ2v) is 3.57. The molecule has 1 heterocycles. The van der Waals surface area contributed by atoms with Crippen LogP contribution in [-0.2, 0) is 6.42 Å². The van der Waals surface area contributed by atoms with E-state index in [-0.39, 0.29) is 0 Å². The van der Waals surface area contributed by atoms with E-state index in [0.29, 0.717) is 0 Å². The van der Waals surface area contributed by atoms with E-state index in [4.69, 9.17) is 0 Å². The fourth-order valence-electron chi connectivity index (χ4n) is 0.983. The molecule has 0 aliphatic carbocycles. The van der Waals surface area contributed by atoms with E-state index in [1.54, 1.807) is 11.3 Å². The van der Waals surface area contributed by atoms with Crippen LogP contribution in [0, 0.1) is 6.92 Å². The number of aromatic nitrogens is 1. The molecule has 0 unspecified atom stereocenters. The smallest absolute Gasteiger partial charge is 0.138 e. The zero-order valence-electron chi connectivity index (χ0n) is 6.92. The standard InChI is InChI=1S/C8H12N2S/c1-4-5-7-8(9-3)11-6(2)10-7/h3-5H2,1-2H3. The molecule has 0 bridgehead atoms. The normalized spacial score (nSPS) is 10.0. The lowest BCUT2D eigenvalue weighted by atomic mass is 10.3. The lowest BCUT2D eigenvalue weighted by molar-refractivity contribution is 0.888. The highest BCUT2D eigenvalue weighted by Crippen LogP contribution is 2.27. The third-order valence-electron chi connectivity index (χ3n) is 1.41. The van der Waals surface area contributed by atoms with Crippen molar-refractivity contribution in [1.82, 2.24) is 4.98 Å². The zero-order valence-corrected chi connectivity index (χ0v) is 7.74. The third kappa shape index (κ3) is 1.87. The molecule has 1 aromatic rings. The molecule has 1 rings (SSSR count). The first-order chi connectivity index (χ1) is 5.27. The fourth-order valence-corrected chi connectivity index (χ4v) is 1.75. The maximum atomic E-state index is 4.36. The van der Waals surface area contributed by atoms with Crippen molar-refractivity contribution in [1.29, 1.82) is 0 Å². The first-order valence-corrected chi connectivity index (χ1v) is 4.52. The number of hydrogen-bond donors (Lipinski definition) is 0. The van der Waals surface area contributed by atoms with Crippen LogP contribution in [0.2, 0.25) is 0 Å². The Morgan fingerprint density at radius 3 is 2.91 bits per heavy atom. The molecule has 0 aliphatic heterocycles. The molecule has 0 aromatic carbocycles. The summed E-state index contributed by atoms with van der Waals surface area (Å²) in [6, 6.07) is 0. The van der Waals surface area contributed by atoms with E-state index in [1.165, 1.54) is 0 Å². The Balaban J connectivity index is 2.92. The van der Waals surface area contributed by atoms with Crippen LogP contribution in [0.5, 0.6) is 0 Å². The van der Waals surface area contributed by atoms with Gasteiger partial charge in [-0.25, -0.2) is 4.98 Å². The second kappa shape index (κ2) is 3.62. The second-order valence-electron chi connectivity index (χ2n) is 2.39. The van der Waals surface area contributed by atoms with Gasteiger partial charge in [-0.1, -0.05) is 24.7 Å². The van der Waals surface area contributed by atoms with Crippen molar-refractivity contribution in [3.63, 3.8) is 0 Å². The summed E-state index contributed by atoms with van der Waals surface area (Å²) in [6.07, 6.45) is 2.13. The molecule has 2 nitrogen and oxygen atoms in total. The van der Waals surface area contributed by atoms with E-state index in [0.717, 1.165) is 28.5 Å². The van der Waals surface area contributed by atoms with Crippen molar-refractivity contribution >= 4 is 23.1 Å². The van der Waals surface area contributed by atoms with Gasteiger partial charge in [0.1, 0.15) is 5.00 Å². The Morgan fingerprint density at radius 1 is 1.64 bits per heavy atom. The lowest BCUT2D eigenvalue weighted by Gasteiger charge is -1.91. The van der Waals surface area contributed by atoms with Crippen molar-refractivity contribution in [2.75, 3.05) is 0 Å². The first-order valence-electron chi connectivity index (χ1n) is 3.71. The number of aliphatic imine (C=N–C) groups is 1. The molecule has 0 atom stereocenters. The first kappa shape index (κ1) is 8.40. The summed E-state index contributed by atoms with van der Waals surface area (Å²) in [4.78, 5) is 8.27. The molecule has 0 radical (unpaired) electrons. The fraction of sp³-hybridized carbons (Fsp3) is 0.500. The highest BCUT2D eigenvalue weighted by Gasteiger charge is 2.04. The van der Waals surface area contributed by atoms with Gasteiger partial charge in [-0.05, 0) is 20.1 Å². The minimum atomic E-state index is 0.990. The summed E-state index contributed by atoms with van der Waals surface area (Å²) in [5.74, 6) is 0. The number of rotatable bonds is 3. The predicted octanol–water partition coefficient (Wildman–Crippen LogP) is 2.74. The molecule has 3 heteroatoms. The Labute approximate surface area is 71.0 Å². The minimum Gasteiger partial charge on any atom is -0.252 e. The van der Waals surface area contributed by atoms with Gasteiger partial charge in [0.2, 0.25) is 0 Å². The van der Waals surface area contributed by atoms with Crippen LogP contribution in [0.3, 0.4) is 0 Å². The molecular weight excluding hydrogens is 156 g/mol. The molecular formula is C8H12N2S. The van der Waals surface area contributed by atoms with Gasteiger partial charge in [-0.15, -0.1) is 0 Å². The average molecular weight is 168 g/mol. The van der Waals surface area contributed by atoms with Gasteiger partial charge in [0.25, 0.3) is 0 Å². The van der Waals surface area contributed by atoms with Crippen molar-refractivity contribution < 1.29 is 0 Å². The highest BCUT2D eigenvalue weighted by atomic mass is 32.1. The Morgan fingerprint density at radius 2 is 2.36 bits per heavy atom. The van der Waals surface area contributed by atoms with Crippen LogP contribution in [0.1, 0.15) is 24.0 Å². The monoisotopic (exact) mass is 168 g/mol. The van der Waals surface area contributed by atoms with Crippen molar-refractivity contribution in [2.45, 2.75) is 26.7 Å². The molecule has 0 N–H and O–H groups in total.